The predicted octanol–water partition coefficient (Wildman–Crippen LogP) is 1.68. The molecule has 2 nitrogen and oxygen atoms in total. The van der Waals surface area contributed by atoms with Crippen LogP contribution in [0.2, 0.25) is 0 Å². The van der Waals surface area contributed by atoms with Gasteiger partial charge in [-0.2, -0.15) is 5.26 Å². The van der Waals surface area contributed by atoms with Gasteiger partial charge in [-0.3, -0.25) is 0 Å². The van der Waals surface area contributed by atoms with Gasteiger partial charge in [-0.05, 0) is 5.56 Å². The molecule has 1 rings (SSSR count). The van der Waals surface area contributed by atoms with Gasteiger partial charge in [-0.1, -0.05) is 30.3 Å². The summed E-state index contributed by atoms with van der Waals surface area (Å²) in [7, 11) is 0. The van der Waals surface area contributed by atoms with Gasteiger partial charge in [0.25, 0.3) is 0 Å². The predicted molar refractivity (Wildman–Crippen MR) is 35.5 cm³/mol. The highest BCUT2D eigenvalue weighted by Crippen LogP contribution is 2.10. The normalized spacial score (nSPS) is 12.0. The standard InChI is InChI=1S/C8H6NO/c9-6-8(10)7-4-2-1-3-5-7/h1-5,8H. The first-order chi connectivity index (χ1) is 4.84. The molecule has 10 heavy (non-hydrogen) atoms. The number of nitriles is 1. The van der Waals surface area contributed by atoms with E-state index in [1.807, 2.05) is 6.07 Å². The minimum atomic E-state index is -1.24. The van der Waals surface area contributed by atoms with Gasteiger partial charge in [0.05, 0.1) is 0 Å². The summed E-state index contributed by atoms with van der Waals surface area (Å²) in [6, 6.07) is 10.2. The number of rotatable bonds is 1. The van der Waals surface area contributed by atoms with E-state index in [1.54, 1.807) is 30.3 Å². The maximum Gasteiger partial charge on any atom is 0.204 e. The molecule has 1 unspecified atom stereocenters. The van der Waals surface area contributed by atoms with E-state index in [4.69, 9.17) is 5.26 Å². The first-order valence-electron chi connectivity index (χ1n) is 2.95. The Balaban J connectivity index is 2.88. The van der Waals surface area contributed by atoms with Crippen molar-refractivity contribution in [3.63, 3.8) is 0 Å². The third kappa shape index (κ3) is 1.34. The third-order valence-corrected chi connectivity index (χ3v) is 1.22. The van der Waals surface area contributed by atoms with Crippen molar-refractivity contribution >= 4 is 0 Å². The van der Waals surface area contributed by atoms with E-state index in [9.17, 15) is 5.11 Å². The van der Waals surface area contributed by atoms with Gasteiger partial charge in [0, 0.05) is 0 Å². The Morgan fingerprint density at radius 1 is 1.30 bits per heavy atom. The van der Waals surface area contributed by atoms with E-state index < -0.39 is 6.10 Å². The minimum Gasteiger partial charge on any atom is -0.211 e. The Bertz CT molecular complexity index is 237. The third-order valence-electron chi connectivity index (χ3n) is 1.22. The average Bonchev–Trinajstić information content (AvgIpc) is 2.05. The maximum atomic E-state index is 10.7. The van der Waals surface area contributed by atoms with Crippen molar-refractivity contribution in [1.29, 1.82) is 5.26 Å². The van der Waals surface area contributed by atoms with Crippen LogP contribution in [0, 0.1) is 11.3 Å². The van der Waals surface area contributed by atoms with Gasteiger partial charge in [-0.25, -0.2) is 5.11 Å². The molecular weight excluding hydrogens is 126 g/mol. The van der Waals surface area contributed by atoms with Crippen molar-refractivity contribution in [1.82, 2.24) is 0 Å². The molecule has 0 spiro atoms. The lowest BCUT2D eigenvalue weighted by Crippen LogP contribution is -1.88. The van der Waals surface area contributed by atoms with Gasteiger partial charge in [0.2, 0.25) is 6.10 Å². The molecule has 0 aliphatic rings. The van der Waals surface area contributed by atoms with Crippen LogP contribution in [-0.4, -0.2) is 0 Å². The zero-order valence-corrected chi connectivity index (χ0v) is 5.32. The fourth-order valence-corrected chi connectivity index (χ4v) is 0.702. The van der Waals surface area contributed by atoms with Gasteiger partial charge >= 0.3 is 0 Å². The lowest BCUT2D eigenvalue weighted by molar-refractivity contribution is 0.138. The Kier molecular flexibility index (Phi) is 2.03. The number of hydrogen-bond donors (Lipinski definition) is 0. The van der Waals surface area contributed by atoms with Gasteiger partial charge in [0.1, 0.15) is 6.07 Å². The van der Waals surface area contributed by atoms with Crippen LogP contribution in [0.15, 0.2) is 30.3 Å². The van der Waals surface area contributed by atoms with Crippen LogP contribution in [0.3, 0.4) is 0 Å². The fraction of sp³-hybridized carbons (Fsp3) is 0.125. The van der Waals surface area contributed by atoms with Crippen molar-refractivity contribution in [2.75, 3.05) is 0 Å². The number of nitrogens with zero attached hydrogens (tertiary/aromatic N) is 1. The monoisotopic (exact) mass is 132 g/mol. The average molecular weight is 132 g/mol. The maximum absolute atomic E-state index is 10.7. The molecule has 1 atom stereocenters. The molecule has 1 aromatic carbocycles. The summed E-state index contributed by atoms with van der Waals surface area (Å²) in [6.45, 7) is 0. The molecule has 0 saturated heterocycles. The Morgan fingerprint density at radius 2 is 1.90 bits per heavy atom. The smallest absolute Gasteiger partial charge is 0.204 e. The van der Waals surface area contributed by atoms with Crippen LogP contribution in [0.25, 0.3) is 0 Å². The van der Waals surface area contributed by atoms with Crippen molar-refractivity contribution < 1.29 is 5.11 Å². The first-order valence-corrected chi connectivity index (χ1v) is 2.95. The summed E-state index contributed by atoms with van der Waals surface area (Å²) in [5, 5.41) is 19.0. The molecule has 49 valence electrons. The molecule has 0 aromatic heterocycles. The van der Waals surface area contributed by atoms with Crippen molar-refractivity contribution in [2.45, 2.75) is 6.10 Å². The SMILES string of the molecule is N#CC([O])c1ccccc1. The topological polar surface area (TPSA) is 43.7 Å². The zero-order chi connectivity index (χ0) is 7.40. The quantitative estimate of drug-likeness (QED) is 0.573. The van der Waals surface area contributed by atoms with E-state index in [0.29, 0.717) is 5.56 Å². The van der Waals surface area contributed by atoms with Gasteiger partial charge in [0.15, 0.2) is 0 Å². The van der Waals surface area contributed by atoms with Crippen molar-refractivity contribution in [2.24, 2.45) is 0 Å². The second-order valence-corrected chi connectivity index (χ2v) is 1.92. The largest absolute Gasteiger partial charge is 0.211 e. The molecule has 2 heteroatoms. The van der Waals surface area contributed by atoms with Crippen LogP contribution < -0.4 is 0 Å². The summed E-state index contributed by atoms with van der Waals surface area (Å²) in [5.74, 6) is 0. The van der Waals surface area contributed by atoms with E-state index in [-0.39, 0.29) is 0 Å². The van der Waals surface area contributed by atoms with E-state index in [0.717, 1.165) is 0 Å². The molecule has 0 heterocycles. The van der Waals surface area contributed by atoms with Crippen LogP contribution in [0.5, 0.6) is 0 Å². The number of hydrogen-bond acceptors (Lipinski definition) is 1. The van der Waals surface area contributed by atoms with Crippen molar-refractivity contribution in [3.8, 4) is 6.07 Å². The molecule has 1 radical (unpaired) electrons. The molecule has 0 bridgehead atoms. The zero-order valence-electron chi connectivity index (χ0n) is 5.32. The summed E-state index contributed by atoms with van der Waals surface area (Å²) in [6.07, 6.45) is -1.24. The van der Waals surface area contributed by atoms with Gasteiger partial charge in [-0.15, -0.1) is 0 Å². The van der Waals surface area contributed by atoms with Gasteiger partial charge < -0.3 is 0 Å². The molecule has 0 aliphatic carbocycles. The second kappa shape index (κ2) is 3.00. The van der Waals surface area contributed by atoms with E-state index in [1.165, 1.54) is 0 Å². The highest BCUT2D eigenvalue weighted by Gasteiger charge is 2.04. The molecule has 0 N–H and O–H groups in total. The van der Waals surface area contributed by atoms with Crippen LogP contribution in [-0.2, 0) is 5.11 Å². The minimum absolute atomic E-state index is 0.532. The molecule has 1 aromatic rings. The van der Waals surface area contributed by atoms with E-state index in [2.05, 4.69) is 0 Å². The van der Waals surface area contributed by atoms with Crippen LogP contribution in [0.4, 0.5) is 0 Å². The summed E-state index contributed by atoms with van der Waals surface area (Å²) < 4.78 is 0. The highest BCUT2D eigenvalue weighted by atomic mass is 16.3. The molecule has 0 fully saturated rings. The van der Waals surface area contributed by atoms with Crippen LogP contribution in [0.1, 0.15) is 11.7 Å². The lowest BCUT2D eigenvalue weighted by Gasteiger charge is -1.95. The van der Waals surface area contributed by atoms with E-state index >= 15 is 0 Å². The van der Waals surface area contributed by atoms with Crippen molar-refractivity contribution in [3.05, 3.63) is 35.9 Å². The number of benzene rings is 1. The second-order valence-electron chi connectivity index (χ2n) is 1.92. The molecule has 0 saturated carbocycles. The van der Waals surface area contributed by atoms with Crippen LogP contribution >= 0.6 is 0 Å². The fourth-order valence-electron chi connectivity index (χ4n) is 0.702. The first kappa shape index (κ1) is 6.79. The summed E-state index contributed by atoms with van der Waals surface area (Å²) >= 11 is 0. The molecule has 0 amide bonds. The summed E-state index contributed by atoms with van der Waals surface area (Å²) in [5.41, 5.74) is 0.532. The summed E-state index contributed by atoms with van der Waals surface area (Å²) in [4.78, 5) is 0. The highest BCUT2D eigenvalue weighted by molar-refractivity contribution is 5.21. The molecule has 0 aliphatic heterocycles. The Morgan fingerprint density at radius 3 is 2.40 bits per heavy atom. The Hall–Kier alpha value is -1.33. The molecular formula is C8H6NO. The lowest BCUT2D eigenvalue weighted by atomic mass is 10.1. The Labute approximate surface area is 59.3 Å².